The number of rotatable bonds is 7. The van der Waals surface area contributed by atoms with Gasteiger partial charge in [-0.1, -0.05) is 35.9 Å². The highest BCUT2D eigenvalue weighted by molar-refractivity contribution is 9.10. The molecule has 0 fully saturated rings. The molecule has 0 atom stereocenters. The van der Waals surface area contributed by atoms with E-state index in [1.807, 2.05) is 36.4 Å². The molecule has 2 amide bonds. The van der Waals surface area contributed by atoms with Gasteiger partial charge in [0.2, 0.25) is 5.91 Å². The van der Waals surface area contributed by atoms with Gasteiger partial charge in [-0.3, -0.25) is 9.59 Å². The largest absolute Gasteiger partial charge is 0.488 e. The summed E-state index contributed by atoms with van der Waals surface area (Å²) in [4.78, 5) is 23.4. The minimum absolute atomic E-state index is 0.208. The molecule has 0 saturated carbocycles. The van der Waals surface area contributed by atoms with E-state index in [0.717, 1.165) is 15.6 Å². The van der Waals surface area contributed by atoms with Crippen LogP contribution in [0.2, 0.25) is 5.02 Å². The van der Waals surface area contributed by atoms with Crippen molar-refractivity contribution in [3.8, 4) is 5.75 Å². The third kappa shape index (κ3) is 6.67. The first-order valence-electron chi connectivity index (χ1n) is 9.29. The molecule has 3 aromatic carbocycles. The van der Waals surface area contributed by atoms with E-state index in [1.165, 1.54) is 13.1 Å². The van der Waals surface area contributed by atoms with E-state index in [-0.39, 0.29) is 11.8 Å². The lowest BCUT2D eigenvalue weighted by atomic mass is 10.2. The zero-order valence-corrected chi connectivity index (χ0v) is 18.9. The summed E-state index contributed by atoms with van der Waals surface area (Å²) >= 11 is 9.63. The molecular formula is C23H19BrClN3O3. The Bertz CT molecular complexity index is 1130. The van der Waals surface area contributed by atoms with E-state index in [2.05, 4.69) is 31.8 Å². The third-order valence-corrected chi connectivity index (χ3v) is 5.11. The number of hydrogen-bond donors (Lipinski definition) is 2. The van der Waals surface area contributed by atoms with Crippen molar-refractivity contribution >= 4 is 51.2 Å². The topological polar surface area (TPSA) is 79.8 Å². The van der Waals surface area contributed by atoms with Crippen molar-refractivity contribution in [2.75, 3.05) is 5.32 Å². The molecule has 8 heteroatoms. The van der Waals surface area contributed by atoms with Crippen LogP contribution in [-0.2, 0) is 11.4 Å². The van der Waals surface area contributed by atoms with Crippen molar-refractivity contribution in [1.29, 1.82) is 0 Å². The van der Waals surface area contributed by atoms with Crippen molar-refractivity contribution < 1.29 is 14.3 Å². The monoisotopic (exact) mass is 499 g/mol. The lowest BCUT2D eigenvalue weighted by molar-refractivity contribution is -0.114. The maximum absolute atomic E-state index is 12.3. The summed E-state index contributed by atoms with van der Waals surface area (Å²) in [7, 11) is 0. The highest BCUT2D eigenvalue weighted by Gasteiger charge is 2.07. The van der Waals surface area contributed by atoms with Gasteiger partial charge >= 0.3 is 0 Å². The number of ether oxygens (including phenoxy) is 1. The summed E-state index contributed by atoms with van der Waals surface area (Å²) in [5, 5.41) is 7.28. The number of halogens is 2. The second-order valence-corrected chi connectivity index (χ2v) is 7.79. The van der Waals surface area contributed by atoms with E-state index >= 15 is 0 Å². The van der Waals surface area contributed by atoms with Crippen LogP contribution in [0.15, 0.2) is 76.3 Å². The molecule has 0 unspecified atom stereocenters. The average Bonchev–Trinajstić information content (AvgIpc) is 2.74. The molecule has 0 aliphatic heterocycles. The van der Waals surface area contributed by atoms with Crippen molar-refractivity contribution in [1.82, 2.24) is 5.43 Å². The number of hydrazone groups is 1. The van der Waals surface area contributed by atoms with E-state index in [0.29, 0.717) is 28.6 Å². The fraction of sp³-hybridized carbons (Fsp3) is 0.0870. The third-order valence-electron chi connectivity index (χ3n) is 4.12. The molecule has 158 valence electrons. The lowest BCUT2D eigenvalue weighted by Gasteiger charge is -2.10. The van der Waals surface area contributed by atoms with Gasteiger partial charge in [0.15, 0.2) is 0 Å². The van der Waals surface area contributed by atoms with Crippen molar-refractivity contribution in [3.63, 3.8) is 0 Å². The molecule has 0 saturated heterocycles. The molecule has 0 heterocycles. The molecule has 0 bridgehead atoms. The number of nitrogens with one attached hydrogen (secondary N) is 2. The maximum atomic E-state index is 12.3. The summed E-state index contributed by atoms with van der Waals surface area (Å²) in [5.41, 5.74) is 5.06. The Hall–Kier alpha value is -3.16. The number of carbonyl (C=O) groups is 2. The fourth-order valence-corrected chi connectivity index (χ4v) is 3.36. The van der Waals surface area contributed by atoms with E-state index in [1.54, 1.807) is 30.3 Å². The molecular weight excluding hydrogens is 482 g/mol. The average molecular weight is 501 g/mol. The zero-order valence-electron chi connectivity index (χ0n) is 16.6. The van der Waals surface area contributed by atoms with Gasteiger partial charge in [0.25, 0.3) is 5.91 Å². The van der Waals surface area contributed by atoms with Gasteiger partial charge < -0.3 is 10.1 Å². The molecule has 0 spiro atoms. The number of carbonyl (C=O) groups excluding carboxylic acids is 2. The number of benzene rings is 3. The molecule has 2 N–H and O–H groups in total. The summed E-state index contributed by atoms with van der Waals surface area (Å²) in [5.74, 6) is 0.0681. The normalized spacial score (nSPS) is 10.7. The molecule has 0 aliphatic rings. The minimum atomic E-state index is -0.387. The first-order chi connectivity index (χ1) is 14.9. The number of amides is 2. The lowest BCUT2D eigenvalue weighted by Crippen LogP contribution is -2.18. The van der Waals surface area contributed by atoms with Crippen LogP contribution >= 0.6 is 27.5 Å². The molecule has 3 aromatic rings. The van der Waals surface area contributed by atoms with Crippen LogP contribution in [-0.4, -0.2) is 18.0 Å². The number of anilines is 1. The fourth-order valence-electron chi connectivity index (χ4n) is 2.66. The summed E-state index contributed by atoms with van der Waals surface area (Å²) in [6.07, 6.45) is 1.53. The predicted octanol–water partition coefficient (Wildman–Crippen LogP) is 5.40. The highest BCUT2D eigenvalue weighted by Crippen LogP contribution is 2.27. The molecule has 0 aliphatic carbocycles. The quantitative estimate of drug-likeness (QED) is 0.336. The van der Waals surface area contributed by atoms with Crippen LogP contribution in [0.4, 0.5) is 5.69 Å². The summed E-state index contributed by atoms with van der Waals surface area (Å²) in [6, 6.07) is 19.6. The van der Waals surface area contributed by atoms with Crippen LogP contribution < -0.4 is 15.5 Å². The summed E-state index contributed by atoms with van der Waals surface area (Å²) in [6.45, 7) is 1.75. The molecule has 0 aromatic heterocycles. The SMILES string of the molecule is CC(=O)Nc1cccc(C(=O)N/N=C\c2ccc(OCc3ccccc3Cl)c(Br)c2)c1. The highest BCUT2D eigenvalue weighted by atomic mass is 79.9. The molecule has 6 nitrogen and oxygen atoms in total. The second kappa shape index (κ2) is 10.7. The van der Waals surface area contributed by atoms with Gasteiger partial charge in [0, 0.05) is 28.8 Å². The molecule has 3 rings (SSSR count). The van der Waals surface area contributed by atoms with Crippen molar-refractivity contribution in [3.05, 3.63) is 92.9 Å². The van der Waals surface area contributed by atoms with E-state index < -0.39 is 0 Å². The van der Waals surface area contributed by atoms with Crippen molar-refractivity contribution in [2.24, 2.45) is 5.10 Å². The zero-order chi connectivity index (χ0) is 22.2. The Balaban J connectivity index is 1.59. The minimum Gasteiger partial charge on any atom is -0.488 e. The van der Waals surface area contributed by atoms with Gasteiger partial charge in [0.05, 0.1) is 10.7 Å². The Morgan fingerprint density at radius 1 is 1.10 bits per heavy atom. The van der Waals surface area contributed by atoms with Gasteiger partial charge in [-0.15, -0.1) is 0 Å². The van der Waals surface area contributed by atoms with E-state index in [4.69, 9.17) is 16.3 Å². The maximum Gasteiger partial charge on any atom is 0.271 e. The smallest absolute Gasteiger partial charge is 0.271 e. The van der Waals surface area contributed by atoms with Gasteiger partial charge in [0.1, 0.15) is 12.4 Å². The van der Waals surface area contributed by atoms with Crippen molar-refractivity contribution in [2.45, 2.75) is 13.5 Å². The first-order valence-corrected chi connectivity index (χ1v) is 10.5. The van der Waals surface area contributed by atoms with Crippen LogP contribution in [0, 0.1) is 0 Å². The Labute approximate surface area is 193 Å². The standard InChI is InChI=1S/C23H19BrClN3O3/c1-15(29)27-19-7-4-6-17(12-19)23(30)28-26-13-16-9-10-22(20(24)11-16)31-14-18-5-2-3-8-21(18)25/h2-13H,14H2,1H3,(H,27,29)(H,28,30)/b26-13-. The molecule has 31 heavy (non-hydrogen) atoms. The number of hydrogen-bond acceptors (Lipinski definition) is 4. The van der Waals surface area contributed by atoms with Gasteiger partial charge in [-0.2, -0.15) is 5.10 Å². The Morgan fingerprint density at radius 2 is 1.90 bits per heavy atom. The van der Waals surface area contributed by atoms with Crippen LogP contribution in [0.5, 0.6) is 5.75 Å². The summed E-state index contributed by atoms with van der Waals surface area (Å²) < 4.78 is 6.57. The Kier molecular flexibility index (Phi) is 7.81. The van der Waals surface area contributed by atoms with Crippen LogP contribution in [0.25, 0.3) is 0 Å². The van der Waals surface area contributed by atoms with E-state index in [9.17, 15) is 9.59 Å². The second-order valence-electron chi connectivity index (χ2n) is 6.53. The van der Waals surface area contributed by atoms with Gasteiger partial charge in [-0.05, 0) is 64.0 Å². The van der Waals surface area contributed by atoms with Gasteiger partial charge in [-0.25, -0.2) is 5.43 Å². The Morgan fingerprint density at radius 3 is 2.65 bits per heavy atom. The number of nitrogens with zero attached hydrogens (tertiary/aromatic N) is 1. The van der Waals surface area contributed by atoms with Crippen LogP contribution in [0.3, 0.4) is 0 Å². The predicted molar refractivity (Wildman–Crippen MR) is 126 cm³/mol. The molecule has 0 radical (unpaired) electrons. The first kappa shape index (κ1) is 22.5. The van der Waals surface area contributed by atoms with Crippen LogP contribution in [0.1, 0.15) is 28.4 Å².